The topological polar surface area (TPSA) is 35.6 Å². The minimum absolute atomic E-state index is 0.350. The van der Waals surface area contributed by atoms with Crippen LogP contribution in [0.2, 0.25) is 0 Å². The first kappa shape index (κ1) is 14.3. The Labute approximate surface area is 122 Å². The Morgan fingerprint density at radius 1 is 0.682 bits per heavy atom. The highest BCUT2D eigenvalue weighted by Crippen LogP contribution is 2.25. The third-order valence-electron chi connectivity index (χ3n) is 3.24. The summed E-state index contributed by atoms with van der Waals surface area (Å²) in [5.74, 6) is -5.60. The summed E-state index contributed by atoms with van der Waals surface area (Å²) in [4.78, 5) is 7.42. The zero-order valence-corrected chi connectivity index (χ0v) is 11.2. The van der Waals surface area contributed by atoms with Crippen LogP contribution in [0.4, 0.5) is 17.6 Å². The second-order valence-electron chi connectivity index (χ2n) is 4.68. The van der Waals surface area contributed by atoms with Gasteiger partial charge in [0.05, 0.1) is 25.7 Å². The van der Waals surface area contributed by atoms with Crippen LogP contribution in [0, 0.1) is 23.3 Å². The maximum Gasteiger partial charge on any atom is 0.167 e. The van der Waals surface area contributed by atoms with Crippen LogP contribution in [0.5, 0.6) is 0 Å². The molecule has 1 aromatic carbocycles. The van der Waals surface area contributed by atoms with E-state index in [1.54, 1.807) is 0 Å². The molecule has 0 saturated carbocycles. The zero-order valence-electron chi connectivity index (χ0n) is 11.2. The number of aromatic nitrogens is 4. The van der Waals surface area contributed by atoms with E-state index in [0.29, 0.717) is 0 Å². The van der Waals surface area contributed by atoms with E-state index in [0.717, 1.165) is 0 Å². The van der Waals surface area contributed by atoms with Crippen LogP contribution in [0.3, 0.4) is 0 Å². The normalized spacial score (nSPS) is 11.1. The molecule has 0 N–H and O–H groups in total. The fraction of sp³-hybridized carbons (Fsp3) is 0.143. The van der Waals surface area contributed by atoms with Gasteiger partial charge in [0.15, 0.2) is 23.3 Å². The maximum absolute atomic E-state index is 14.1. The number of hydrogen-bond acceptors (Lipinski definition) is 2. The van der Waals surface area contributed by atoms with Gasteiger partial charge in [-0.2, -0.15) is 0 Å². The molecule has 0 amide bonds. The van der Waals surface area contributed by atoms with Crippen molar-refractivity contribution in [3.63, 3.8) is 0 Å². The summed E-state index contributed by atoms with van der Waals surface area (Å²) < 4.78 is 59.0. The Morgan fingerprint density at radius 3 is 1.32 bits per heavy atom. The summed E-state index contributed by atoms with van der Waals surface area (Å²) >= 11 is 0. The van der Waals surface area contributed by atoms with E-state index in [9.17, 15) is 17.6 Å². The summed E-state index contributed by atoms with van der Waals surface area (Å²) in [7, 11) is 0. The summed E-state index contributed by atoms with van der Waals surface area (Å²) in [6, 6.07) is 0. The van der Waals surface area contributed by atoms with Gasteiger partial charge in [-0.25, -0.2) is 27.5 Å². The van der Waals surface area contributed by atoms with E-state index in [1.807, 2.05) is 0 Å². The van der Waals surface area contributed by atoms with E-state index in [2.05, 4.69) is 9.97 Å². The molecule has 0 spiro atoms. The van der Waals surface area contributed by atoms with Gasteiger partial charge in [0, 0.05) is 35.9 Å². The molecule has 4 nitrogen and oxygen atoms in total. The molecule has 0 radical (unpaired) electrons. The fourth-order valence-corrected chi connectivity index (χ4v) is 2.13. The molecule has 114 valence electrons. The van der Waals surface area contributed by atoms with Crippen LogP contribution in [0.15, 0.2) is 37.4 Å². The molecule has 0 atom stereocenters. The number of nitrogens with zero attached hydrogens (tertiary/aromatic N) is 4. The molecule has 0 aliphatic carbocycles. The van der Waals surface area contributed by atoms with Gasteiger partial charge in [-0.05, 0) is 0 Å². The van der Waals surface area contributed by atoms with Crippen LogP contribution < -0.4 is 0 Å². The largest absolute Gasteiger partial charge is 0.333 e. The molecule has 22 heavy (non-hydrogen) atoms. The van der Waals surface area contributed by atoms with Gasteiger partial charge in [0.2, 0.25) is 0 Å². The third kappa shape index (κ3) is 2.47. The van der Waals surface area contributed by atoms with Gasteiger partial charge >= 0.3 is 0 Å². The fourth-order valence-electron chi connectivity index (χ4n) is 2.13. The van der Waals surface area contributed by atoms with Crippen LogP contribution in [-0.4, -0.2) is 19.1 Å². The molecule has 0 aliphatic heterocycles. The number of imidazole rings is 2. The minimum Gasteiger partial charge on any atom is -0.333 e. The summed E-state index contributed by atoms with van der Waals surface area (Å²) in [5.41, 5.74) is -1.36. The van der Waals surface area contributed by atoms with Crippen molar-refractivity contribution in [2.24, 2.45) is 0 Å². The van der Waals surface area contributed by atoms with Gasteiger partial charge < -0.3 is 9.13 Å². The Bertz CT molecular complexity index is 686. The first-order chi connectivity index (χ1) is 10.6. The lowest BCUT2D eigenvalue weighted by molar-refractivity contribution is 0.418. The average molecular weight is 310 g/mol. The summed E-state index contributed by atoms with van der Waals surface area (Å²) in [6.45, 7) is -0.701. The van der Waals surface area contributed by atoms with E-state index < -0.39 is 34.4 Å². The Hall–Kier alpha value is -2.64. The first-order valence-corrected chi connectivity index (χ1v) is 6.33. The van der Waals surface area contributed by atoms with Gasteiger partial charge in [0.1, 0.15) is 0 Å². The highest BCUT2D eigenvalue weighted by Gasteiger charge is 2.25. The first-order valence-electron chi connectivity index (χ1n) is 6.33. The quantitative estimate of drug-likeness (QED) is 0.549. The van der Waals surface area contributed by atoms with Crippen molar-refractivity contribution in [1.82, 2.24) is 19.1 Å². The van der Waals surface area contributed by atoms with Crippen LogP contribution in [0.25, 0.3) is 0 Å². The van der Waals surface area contributed by atoms with E-state index in [1.165, 1.54) is 46.6 Å². The molecule has 0 aliphatic rings. The highest BCUT2D eigenvalue weighted by atomic mass is 19.2. The third-order valence-corrected chi connectivity index (χ3v) is 3.24. The van der Waals surface area contributed by atoms with Crippen molar-refractivity contribution < 1.29 is 17.6 Å². The number of hydrogen-bond donors (Lipinski definition) is 0. The molecular weight excluding hydrogens is 300 g/mol. The lowest BCUT2D eigenvalue weighted by Crippen LogP contribution is -2.13. The molecule has 0 bridgehead atoms. The van der Waals surface area contributed by atoms with E-state index >= 15 is 0 Å². The summed E-state index contributed by atoms with van der Waals surface area (Å²) in [6.07, 6.45) is 8.27. The zero-order chi connectivity index (χ0) is 15.7. The molecule has 3 aromatic rings. The maximum atomic E-state index is 14.1. The molecular formula is C14H10F4N4. The monoisotopic (exact) mass is 310 g/mol. The molecule has 0 unspecified atom stereocenters. The van der Waals surface area contributed by atoms with E-state index in [-0.39, 0.29) is 13.1 Å². The number of benzene rings is 1. The lowest BCUT2D eigenvalue weighted by atomic mass is 10.1. The van der Waals surface area contributed by atoms with Crippen LogP contribution >= 0.6 is 0 Å². The minimum atomic E-state index is -1.40. The Balaban J connectivity index is 2.04. The van der Waals surface area contributed by atoms with Gasteiger partial charge in [-0.15, -0.1) is 0 Å². The van der Waals surface area contributed by atoms with Crippen molar-refractivity contribution in [2.75, 3.05) is 0 Å². The Kier molecular flexibility index (Phi) is 3.66. The predicted molar refractivity (Wildman–Crippen MR) is 68.9 cm³/mol. The van der Waals surface area contributed by atoms with Crippen molar-refractivity contribution in [2.45, 2.75) is 13.1 Å². The van der Waals surface area contributed by atoms with Crippen molar-refractivity contribution in [1.29, 1.82) is 0 Å². The highest BCUT2D eigenvalue weighted by molar-refractivity contribution is 5.30. The van der Waals surface area contributed by atoms with Crippen LogP contribution in [-0.2, 0) is 13.1 Å². The van der Waals surface area contributed by atoms with Crippen LogP contribution in [0.1, 0.15) is 11.1 Å². The second-order valence-corrected chi connectivity index (χ2v) is 4.68. The molecule has 0 fully saturated rings. The molecule has 3 rings (SSSR count). The van der Waals surface area contributed by atoms with Gasteiger partial charge in [0.25, 0.3) is 0 Å². The lowest BCUT2D eigenvalue weighted by Gasteiger charge is -2.12. The van der Waals surface area contributed by atoms with Crippen molar-refractivity contribution in [3.05, 3.63) is 71.8 Å². The number of rotatable bonds is 4. The predicted octanol–water partition coefficient (Wildman–Crippen LogP) is 2.73. The van der Waals surface area contributed by atoms with E-state index in [4.69, 9.17) is 0 Å². The SMILES string of the molecule is Fc1c(F)c(Cn2ccnc2)c(F)c(F)c1Cn1ccnc1. The molecule has 0 saturated heterocycles. The smallest absolute Gasteiger partial charge is 0.167 e. The molecule has 2 heterocycles. The summed E-state index contributed by atoms with van der Waals surface area (Å²) in [5, 5.41) is 0. The van der Waals surface area contributed by atoms with Gasteiger partial charge in [-0.3, -0.25) is 0 Å². The molecule has 2 aromatic heterocycles. The average Bonchev–Trinajstić information content (AvgIpc) is 3.19. The molecule has 8 heteroatoms. The number of halogens is 4. The van der Waals surface area contributed by atoms with Gasteiger partial charge in [-0.1, -0.05) is 0 Å². The standard InChI is InChI=1S/C14H10F4N4/c15-11-9(5-21-3-1-19-7-21)12(16)14(18)10(13(11)17)6-22-4-2-20-8-22/h1-4,7-8H,5-6H2. The van der Waals surface area contributed by atoms with Crippen molar-refractivity contribution >= 4 is 0 Å². The van der Waals surface area contributed by atoms with Crippen molar-refractivity contribution in [3.8, 4) is 0 Å². The second kappa shape index (κ2) is 5.63. The Morgan fingerprint density at radius 2 is 1.05 bits per heavy atom.